The van der Waals surface area contributed by atoms with Gasteiger partial charge in [-0.05, 0) is 24.6 Å². The molecule has 0 saturated carbocycles. The minimum Gasteiger partial charge on any atom is -0.326 e. The largest absolute Gasteiger partial charge is 0.326 e. The third kappa shape index (κ3) is 3.34. The number of anilines is 1. The third-order valence-electron chi connectivity index (χ3n) is 2.82. The molecule has 21 heavy (non-hydrogen) atoms. The summed E-state index contributed by atoms with van der Waals surface area (Å²) in [5.74, 6) is -0.829. The van der Waals surface area contributed by atoms with Crippen molar-refractivity contribution in [2.45, 2.75) is 24.9 Å². The average molecular weight is 333 g/mol. The second-order valence-corrected chi connectivity index (χ2v) is 6.33. The maximum absolute atomic E-state index is 13.7. The molecule has 0 amide bonds. The lowest BCUT2D eigenvalue weighted by Gasteiger charge is -2.09. The van der Waals surface area contributed by atoms with E-state index in [2.05, 4.69) is 9.82 Å². The summed E-state index contributed by atoms with van der Waals surface area (Å²) in [6.07, 6.45) is 2.91. The van der Waals surface area contributed by atoms with Gasteiger partial charge in [-0.25, -0.2) is 12.8 Å². The molecule has 0 spiro atoms. The lowest BCUT2D eigenvalue weighted by Crippen LogP contribution is -2.14. The molecule has 0 aliphatic heterocycles. The van der Waals surface area contributed by atoms with Crippen LogP contribution in [-0.4, -0.2) is 18.2 Å². The van der Waals surface area contributed by atoms with Crippen LogP contribution in [0, 0.1) is 5.82 Å². The quantitative estimate of drug-likeness (QED) is 0.875. The third-order valence-corrected chi connectivity index (χ3v) is 4.60. The number of aromatic nitrogens is 2. The van der Waals surface area contributed by atoms with Gasteiger partial charge in [0.2, 0.25) is 0 Å². The monoisotopic (exact) mass is 332 g/mol. The predicted molar refractivity (Wildman–Crippen MR) is 78.0 cm³/mol. The van der Waals surface area contributed by atoms with Crippen LogP contribution in [0.5, 0.6) is 0 Å². The molecule has 2 rings (SSSR count). The van der Waals surface area contributed by atoms with Crippen LogP contribution in [0.1, 0.15) is 12.5 Å². The van der Waals surface area contributed by atoms with Gasteiger partial charge in [-0.3, -0.25) is 9.40 Å². The zero-order valence-corrected chi connectivity index (χ0v) is 12.7. The fraction of sp³-hybridized carbons (Fsp3) is 0.250. The number of halogens is 2. The molecule has 0 saturated heterocycles. The van der Waals surface area contributed by atoms with E-state index in [1.165, 1.54) is 18.5 Å². The Morgan fingerprint density at radius 3 is 2.76 bits per heavy atom. The molecule has 1 aromatic carbocycles. The lowest BCUT2D eigenvalue weighted by molar-refractivity contribution is 0.594. The molecule has 0 unspecified atom stereocenters. The van der Waals surface area contributed by atoms with Gasteiger partial charge in [0.15, 0.2) is 0 Å². The molecule has 6 nitrogen and oxygen atoms in total. The molecule has 2 aromatic rings. The van der Waals surface area contributed by atoms with Gasteiger partial charge < -0.3 is 5.73 Å². The fourth-order valence-electron chi connectivity index (χ4n) is 1.73. The van der Waals surface area contributed by atoms with E-state index in [1.807, 2.05) is 6.92 Å². The predicted octanol–water partition coefficient (Wildman–Crippen LogP) is 1.96. The Balaban J connectivity index is 2.37. The van der Waals surface area contributed by atoms with Crippen LogP contribution in [0.15, 0.2) is 29.4 Å². The molecule has 9 heteroatoms. The second kappa shape index (κ2) is 6.00. The van der Waals surface area contributed by atoms with E-state index in [9.17, 15) is 12.8 Å². The van der Waals surface area contributed by atoms with E-state index in [4.69, 9.17) is 17.3 Å². The van der Waals surface area contributed by atoms with E-state index < -0.39 is 15.8 Å². The lowest BCUT2D eigenvalue weighted by atomic mass is 10.2. The topological polar surface area (TPSA) is 90.0 Å². The summed E-state index contributed by atoms with van der Waals surface area (Å²) in [7, 11) is -3.94. The first-order valence-corrected chi connectivity index (χ1v) is 7.96. The standard InChI is InChI=1S/C12H14ClFN4O2S/c1-2-18-7-9(6-16-18)17-21(19,20)10-3-8(5-15)12(13)11(14)4-10/h3-4,6-7,17H,2,5,15H2,1H3. The van der Waals surface area contributed by atoms with Crippen molar-refractivity contribution in [3.8, 4) is 0 Å². The molecule has 0 atom stereocenters. The maximum atomic E-state index is 13.7. The SMILES string of the molecule is CCn1cc(NS(=O)(=O)c2cc(F)c(Cl)c(CN)c2)cn1. The van der Waals surface area contributed by atoms with Gasteiger partial charge in [-0.1, -0.05) is 11.6 Å². The summed E-state index contributed by atoms with van der Waals surface area (Å²) in [5, 5.41) is 3.78. The van der Waals surface area contributed by atoms with Crippen LogP contribution >= 0.6 is 11.6 Å². The minimum absolute atomic E-state index is 0.0626. The van der Waals surface area contributed by atoms with Gasteiger partial charge in [0.05, 0.1) is 21.8 Å². The summed E-state index contributed by atoms with van der Waals surface area (Å²) in [6, 6.07) is 2.10. The van der Waals surface area contributed by atoms with Gasteiger partial charge in [0.25, 0.3) is 10.0 Å². The zero-order valence-electron chi connectivity index (χ0n) is 11.2. The van der Waals surface area contributed by atoms with Crippen LogP contribution in [0.2, 0.25) is 5.02 Å². The Labute approximate surface area is 126 Å². The number of aryl methyl sites for hydroxylation is 1. The molecule has 0 aliphatic carbocycles. The Morgan fingerprint density at radius 2 is 2.19 bits per heavy atom. The molecule has 0 aliphatic rings. The van der Waals surface area contributed by atoms with Gasteiger partial charge in [-0.15, -0.1) is 0 Å². The summed E-state index contributed by atoms with van der Waals surface area (Å²) >= 11 is 5.71. The van der Waals surface area contributed by atoms with Gasteiger partial charge >= 0.3 is 0 Å². The number of nitrogens with one attached hydrogen (secondary N) is 1. The molecule has 1 aromatic heterocycles. The van der Waals surface area contributed by atoms with Crippen LogP contribution in [-0.2, 0) is 23.1 Å². The van der Waals surface area contributed by atoms with Crippen molar-refractivity contribution in [2.24, 2.45) is 5.73 Å². The normalized spacial score (nSPS) is 11.6. The number of hydrogen-bond acceptors (Lipinski definition) is 4. The molecular weight excluding hydrogens is 319 g/mol. The smallest absolute Gasteiger partial charge is 0.262 e. The Bertz CT molecular complexity index is 761. The van der Waals surface area contributed by atoms with Crippen LogP contribution < -0.4 is 10.5 Å². The maximum Gasteiger partial charge on any atom is 0.262 e. The number of hydrogen-bond donors (Lipinski definition) is 2. The van der Waals surface area contributed by atoms with Crippen molar-refractivity contribution in [3.63, 3.8) is 0 Å². The number of sulfonamides is 1. The van der Waals surface area contributed by atoms with Crippen LogP contribution in [0.4, 0.5) is 10.1 Å². The molecule has 114 valence electrons. The van der Waals surface area contributed by atoms with E-state index in [0.29, 0.717) is 12.2 Å². The highest BCUT2D eigenvalue weighted by Gasteiger charge is 2.19. The van der Waals surface area contributed by atoms with Crippen molar-refractivity contribution in [1.82, 2.24) is 9.78 Å². The van der Waals surface area contributed by atoms with Gasteiger partial charge in [0.1, 0.15) is 5.82 Å². The summed E-state index contributed by atoms with van der Waals surface area (Å²) in [5.41, 5.74) is 5.94. The van der Waals surface area contributed by atoms with E-state index in [0.717, 1.165) is 6.07 Å². The van der Waals surface area contributed by atoms with E-state index in [-0.39, 0.29) is 22.0 Å². The number of nitrogens with two attached hydrogens (primary N) is 1. The molecule has 0 fully saturated rings. The Morgan fingerprint density at radius 1 is 1.48 bits per heavy atom. The zero-order chi connectivity index (χ0) is 15.6. The first-order chi connectivity index (χ1) is 9.87. The molecular formula is C12H14ClFN4O2S. The number of benzene rings is 1. The van der Waals surface area contributed by atoms with Crippen molar-refractivity contribution in [3.05, 3.63) is 40.9 Å². The van der Waals surface area contributed by atoms with Crippen molar-refractivity contribution < 1.29 is 12.8 Å². The average Bonchev–Trinajstić information content (AvgIpc) is 2.88. The molecule has 3 N–H and O–H groups in total. The van der Waals surface area contributed by atoms with Crippen LogP contribution in [0.25, 0.3) is 0 Å². The first kappa shape index (κ1) is 15.7. The number of rotatable bonds is 5. The minimum atomic E-state index is -3.94. The Kier molecular flexibility index (Phi) is 4.50. The number of nitrogens with zero attached hydrogens (tertiary/aromatic N) is 2. The van der Waals surface area contributed by atoms with Crippen LogP contribution in [0.3, 0.4) is 0 Å². The van der Waals surface area contributed by atoms with E-state index >= 15 is 0 Å². The van der Waals surface area contributed by atoms with Crippen molar-refractivity contribution in [1.29, 1.82) is 0 Å². The summed E-state index contributed by atoms with van der Waals surface area (Å²) in [4.78, 5) is -0.242. The van der Waals surface area contributed by atoms with Crippen molar-refractivity contribution in [2.75, 3.05) is 4.72 Å². The molecule has 0 radical (unpaired) electrons. The highest BCUT2D eigenvalue weighted by Crippen LogP contribution is 2.25. The molecule has 0 bridgehead atoms. The Hall–Kier alpha value is -1.64. The van der Waals surface area contributed by atoms with Gasteiger partial charge in [-0.2, -0.15) is 5.10 Å². The second-order valence-electron chi connectivity index (χ2n) is 4.27. The van der Waals surface area contributed by atoms with Crippen molar-refractivity contribution >= 4 is 27.3 Å². The summed E-state index contributed by atoms with van der Waals surface area (Å²) in [6.45, 7) is 2.41. The summed E-state index contributed by atoms with van der Waals surface area (Å²) < 4.78 is 42.0. The fourth-order valence-corrected chi connectivity index (χ4v) is 3.00. The van der Waals surface area contributed by atoms with E-state index in [1.54, 1.807) is 4.68 Å². The first-order valence-electron chi connectivity index (χ1n) is 6.10. The highest BCUT2D eigenvalue weighted by atomic mass is 35.5. The highest BCUT2D eigenvalue weighted by molar-refractivity contribution is 7.92. The molecule has 1 heterocycles. The van der Waals surface area contributed by atoms with Gasteiger partial charge in [0, 0.05) is 19.3 Å².